The summed E-state index contributed by atoms with van der Waals surface area (Å²) in [5, 5.41) is 9.57. The standard InChI is InChI=1S/C14H16O3/c15-9-14-6-4-13(5-7-14,10-17-14)11-2-1-3-12(16)8-11/h1-3,8-9,16H,4-7,10H2. The van der Waals surface area contributed by atoms with Crippen molar-refractivity contribution in [1.29, 1.82) is 0 Å². The molecule has 1 saturated carbocycles. The van der Waals surface area contributed by atoms with Gasteiger partial charge in [0.25, 0.3) is 0 Å². The predicted molar refractivity (Wildman–Crippen MR) is 63.0 cm³/mol. The van der Waals surface area contributed by atoms with E-state index >= 15 is 0 Å². The van der Waals surface area contributed by atoms with E-state index in [-0.39, 0.29) is 5.41 Å². The number of benzene rings is 1. The lowest BCUT2D eigenvalue weighted by Gasteiger charge is -2.51. The Morgan fingerprint density at radius 1 is 1.24 bits per heavy atom. The number of phenols is 1. The van der Waals surface area contributed by atoms with Gasteiger partial charge in [0.05, 0.1) is 6.61 Å². The molecule has 3 heteroatoms. The lowest BCUT2D eigenvalue weighted by atomic mass is 9.63. The van der Waals surface area contributed by atoms with Gasteiger partial charge < -0.3 is 14.6 Å². The van der Waals surface area contributed by atoms with E-state index < -0.39 is 5.60 Å². The number of hydrogen-bond acceptors (Lipinski definition) is 3. The van der Waals surface area contributed by atoms with Gasteiger partial charge in [-0.05, 0) is 43.4 Å². The molecular weight excluding hydrogens is 216 g/mol. The molecule has 0 radical (unpaired) electrons. The number of aldehydes is 1. The van der Waals surface area contributed by atoms with Crippen molar-refractivity contribution >= 4 is 6.29 Å². The third kappa shape index (κ3) is 1.57. The Morgan fingerprint density at radius 3 is 2.53 bits per heavy atom. The van der Waals surface area contributed by atoms with Gasteiger partial charge in [-0.3, -0.25) is 0 Å². The average Bonchev–Trinajstić information content (AvgIpc) is 2.41. The Labute approximate surface area is 100 Å². The summed E-state index contributed by atoms with van der Waals surface area (Å²) >= 11 is 0. The molecule has 1 N–H and O–H groups in total. The van der Waals surface area contributed by atoms with Gasteiger partial charge in [0, 0.05) is 5.41 Å². The topological polar surface area (TPSA) is 46.5 Å². The molecular formula is C14H16O3. The minimum atomic E-state index is -0.515. The van der Waals surface area contributed by atoms with E-state index in [2.05, 4.69) is 0 Å². The molecule has 4 rings (SSSR count). The largest absolute Gasteiger partial charge is 0.508 e. The highest BCUT2D eigenvalue weighted by atomic mass is 16.5. The zero-order valence-corrected chi connectivity index (χ0v) is 9.69. The summed E-state index contributed by atoms with van der Waals surface area (Å²) in [6.07, 6.45) is 4.50. The number of fused-ring (bicyclic) bond motifs is 3. The maximum atomic E-state index is 11.1. The van der Waals surface area contributed by atoms with Crippen molar-refractivity contribution in [2.75, 3.05) is 6.61 Å². The van der Waals surface area contributed by atoms with Crippen molar-refractivity contribution in [3.05, 3.63) is 29.8 Å². The number of aromatic hydroxyl groups is 1. The number of carbonyl (C=O) groups excluding carboxylic acids is 1. The lowest BCUT2D eigenvalue weighted by Crippen LogP contribution is -2.54. The summed E-state index contributed by atoms with van der Waals surface area (Å²) in [6.45, 7) is 0.592. The first kappa shape index (κ1) is 10.8. The van der Waals surface area contributed by atoms with Crippen LogP contribution >= 0.6 is 0 Å². The summed E-state index contributed by atoms with van der Waals surface area (Å²) < 4.78 is 5.76. The second-order valence-corrected chi connectivity index (χ2v) is 5.30. The molecule has 2 heterocycles. The third-order valence-electron chi connectivity index (χ3n) is 4.36. The molecule has 0 unspecified atom stereocenters. The molecule has 2 aliphatic heterocycles. The Kier molecular flexibility index (Phi) is 2.26. The Morgan fingerprint density at radius 2 is 2.00 bits per heavy atom. The number of carbonyl (C=O) groups is 1. The van der Waals surface area contributed by atoms with E-state index in [1.807, 2.05) is 18.2 Å². The highest BCUT2D eigenvalue weighted by Gasteiger charge is 2.50. The molecule has 0 amide bonds. The zero-order valence-electron chi connectivity index (χ0n) is 9.69. The molecule has 1 aliphatic carbocycles. The van der Waals surface area contributed by atoms with Crippen LogP contribution in [0.4, 0.5) is 0 Å². The van der Waals surface area contributed by atoms with Crippen LogP contribution in [0, 0.1) is 0 Å². The van der Waals surface area contributed by atoms with Crippen LogP contribution in [-0.4, -0.2) is 23.6 Å². The maximum absolute atomic E-state index is 11.1. The molecule has 3 fully saturated rings. The molecule has 90 valence electrons. The monoisotopic (exact) mass is 232 g/mol. The first-order chi connectivity index (χ1) is 8.18. The fourth-order valence-corrected chi connectivity index (χ4v) is 3.08. The molecule has 0 atom stereocenters. The van der Waals surface area contributed by atoms with Crippen molar-refractivity contribution in [3.8, 4) is 5.75 Å². The van der Waals surface area contributed by atoms with E-state index in [1.54, 1.807) is 6.07 Å². The van der Waals surface area contributed by atoms with Gasteiger partial charge in [0.1, 0.15) is 11.4 Å². The summed E-state index contributed by atoms with van der Waals surface area (Å²) in [5.74, 6) is 0.301. The molecule has 2 saturated heterocycles. The van der Waals surface area contributed by atoms with E-state index in [9.17, 15) is 9.90 Å². The van der Waals surface area contributed by atoms with Crippen molar-refractivity contribution in [1.82, 2.24) is 0 Å². The zero-order chi connectivity index (χ0) is 11.9. The van der Waals surface area contributed by atoms with E-state index in [1.165, 1.54) is 0 Å². The fraction of sp³-hybridized carbons (Fsp3) is 0.500. The number of phenolic OH excluding ortho intramolecular Hbond substituents is 1. The molecule has 17 heavy (non-hydrogen) atoms. The van der Waals surface area contributed by atoms with Crippen LogP contribution in [0.15, 0.2) is 24.3 Å². The molecule has 1 aromatic carbocycles. The van der Waals surface area contributed by atoms with Gasteiger partial charge in [-0.25, -0.2) is 0 Å². The van der Waals surface area contributed by atoms with Crippen LogP contribution in [0.1, 0.15) is 31.2 Å². The Balaban J connectivity index is 1.93. The van der Waals surface area contributed by atoms with Crippen LogP contribution in [0.5, 0.6) is 5.75 Å². The van der Waals surface area contributed by atoms with Gasteiger partial charge in [0.15, 0.2) is 6.29 Å². The van der Waals surface area contributed by atoms with Crippen LogP contribution in [0.25, 0.3) is 0 Å². The molecule has 3 aliphatic rings. The smallest absolute Gasteiger partial charge is 0.151 e. The van der Waals surface area contributed by atoms with Crippen LogP contribution < -0.4 is 0 Å². The van der Waals surface area contributed by atoms with Gasteiger partial charge in [-0.1, -0.05) is 12.1 Å². The van der Waals surface area contributed by atoms with Crippen LogP contribution in [0.2, 0.25) is 0 Å². The molecule has 0 spiro atoms. The second-order valence-electron chi connectivity index (χ2n) is 5.30. The highest BCUT2D eigenvalue weighted by molar-refractivity contribution is 5.63. The average molecular weight is 232 g/mol. The summed E-state index contributed by atoms with van der Waals surface area (Å²) in [5.41, 5.74) is 0.624. The summed E-state index contributed by atoms with van der Waals surface area (Å²) in [7, 11) is 0. The van der Waals surface area contributed by atoms with E-state index in [0.717, 1.165) is 37.5 Å². The van der Waals surface area contributed by atoms with E-state index in [4.69, 9.17) is 4.74 Å². The van der Waals surface area contributed by atoms with Gasteiger partial charge in [0.2, 0.25) is 0 Å². The number of rotatable bonds is 2. The van der Waals surface area contributed by atoms with Crippen molar-refractivity contribution in [3.63, 3.8) is 0 Å². The predicted octanol–water partition coefficient (Wildman–Crippen LogP) is 2.17. The minimum Gasteiger partial charge on any atom is -0.508 e. The summed E-state index contributed by atoms with van der Waals surface area (Å²) in [4.78, 5) is 11.1. The first-order valence-corrected chi connectivity index (χ1v) is 6.08. The fourth-order valence-electron chi connectivity index (χ4n) is 3.08. The number of ether oxygens (including phenoxy) is 1. The summed E-state index contributed by atoms with van der Waals surface area (Å²) in [6, 6.07) is 7.42. The lowest BCUT2D eigenvalue weighted by molar-refractivity contribution is -0.164. The molecule has 0 aromatic heterocycles. The quantitative estimate of drug-likeness (QED) is 0.795. The van der Waals surface area contributed by atoms with Gasteiger partial charge in [-0.15, -0.1) is 0 Å². The Bertz CT molecular complexity index is 428. The normalized spacial score (nSPS) is 35.8. The highest BCUT2D eigenvalue weighted by Crippen LogP contribution is 2.49. The van der Waals surface area contributed by atoms with Crippen LogP contribution in [-0.2, 0) is 14.9 Å². The van der Waals surface area contributed by atoms with Gasteiger partial charge >= 0.3 is 0 Å². The number of hydrogen-bond donors (Lipinski definition) is 1. The third-order valence-corrected chi connectivity index (χ3v) is 4.36. The maximum Gasteiger partial charge on any atom is 0.151 e. The van der Waals surface area contributed by atoms with Crippen molar-refractivity contribution in [2.24, 2.45) is 0 Å². The van der Waals surface area contributed by atoms with Crippen molar-refractivity contribution < 1.29 is 14.6 Å². The molecule has 3 nitrogen and oxygen atoms in total. The molecule has 1 aromatic rings. The van der Waals surface area contributed by atoms with Crippen LogP contribution in [0.3, 0.4) is 0 Å². The minimum absolute atomic E-state index is 0.00347. The first-order valence-electron chi connectivity index (χ1n) is 6.08. The molecule has 2 bridgehead atoms. The second kappa shape index (κ2) is 3.57. The van der Waals surface area contributed by atoms with E-state index in [0.29, 0.717) is 12.4 Å². The van der Waals surface area contributed by atoms with Gasteiger partial charge in [-0.2, -0.15) is 0 Å². The Hall–Kier alpha value is -1.35. The SMILES string of the molecule is O=CC12CCC(c3cccc(O)c3)(CC1)CO2. The van der Waals surface area contributed by atoms with Crippen molar-refractivity contribution in [2.45, 2.75) is 36.7 Å².